The third-order valence-electron chi connectivity index (χ3n) is 3.89. The van der Waals surface area contributed by atoms with Crippen molar-refractivity contribution in [2.24, 2.45) is 0 Å². The van der Waals surface area contributed by atoms with Crippen molar-refractivity contribution in [3.8, 4) is 0 Å². The van der Waals surface area contributed by atoms with E-state index in [9.17, 15) is 19.4 Å². The molecule has 0 saturated carbocycles. The number of halogens is 1. The third kappa shape index (κ3) is 2.48. The van der Waals surface area contributed by atoms with Crippen LogP contribution in [0.2, 0.25) is 0 Å². The number of aliphatic hydroxyl groups is 3. The Bertz CT molecular complexity index is 882. The molecule has 124 valence electrons. The number of nitrogens with zero attached hydrogens (tertiary/aromatic N) is 2. The molecule has 4 atom stereocenters. The van der Waals surface area contributed by atoms with Crippen LogP contribution in [0, 0.1) is 17.5 Å². The molecule has 0 aliphatic carbocycles. The van der Waals surface area contributed by atoms with Crippen LogP contribution in [0.4, 0.5) is 4.39 Å². The van der Waals surface area contributed by atoms with Crippen molar-refractivity contribution in [1.82, 2.24) is 14.4 Å². The van der Waals surface area contributed by atoms with E-state index in [1.807, 2.05) is 0 Å². The van der Waals surface area contributed by atoms with E-state index in [1.165, 1.54) is 13.1 Å². The average molecular weight is 343 g/mol. The predicted octanol–water partition coefficient (Wildman–Crippen LogP) is -0.646. The van der Waals surface area contributed by atoms with Crippen molar-refractivity contribution in [3.63, 3.8) is 0 Å². The molecule has 23 heavy (non-hydrogen) atoms. The van der Waals surface area contributed by atoms with Crippen molar-refractivity contribution >= 4 is 18.0 Å². The van der Waals surface area contributed by atoms with Gasteiger partial charge in [0, 0.05) is 11.8 Å². The maximum atomic E-state index is 14.3. The highest BCUT2D eigenvalue weighted by Crippen LogP contribution is 2.33. The normalized spacial score (nSPS) is 27.7. The van der Waals surface area contributed by atoms with Gasteiger partial charge in [0.25, 0.3) is 5.56 Å². The van der Waals surface area contributed by atoms with Gasteiger partial charge in [-0.05, 0) is 6.92 Å². The second-order valence-corrected chi connectivity index (χ2v) is 5.71. The highest BCUT2D eigenvalue weighted by Gasteiger charge is 2.43. The Morgan fingerprint density at radius 2 is 2.17 bits per heavy atom. The number of aromatic amines is 1. The first-order valence-electron chi connectivity index (χ1n) is 6.79. The number of aromatic nitrogens is 3. The predicted molar refractivity (Wildman–Crippen MR) is 78.1 cm³/mol. The first-order valence-corrected chi connectivity index (χ1v) is 7.20. The number of nitrogens with one attached hydrogen (secondary N) is 1. The molecule has 0 bridgehead atoms. The van der Waals surface area contributed by atoms with Crippen LogP contribution in [0.15, 0.2) is 11.0 Å². The summed E-state index contributed by atoms with van der Waals surface area (Å²) in [6, 6.07) is 0. The molecule has 3 rings (SSSR count). The fourth-order valence-corrected chi connectivity index (χ4v) is 2.78. The standard InChI is InChI=1S/C13H14FN3O5S/c1-4-10(14)17-2-5(12(23)16-13(17)15-11(4)21)9-8(20)7(19)6(3-18)22-9/h2,6-9,18-20H,3H2,1H3,(H,15,16,21,23)/t6-,7?,8+,9+/m1/s1. The van der Waals surface area contributed by atoms with Crippen molar-refractivity contribution in [2.75, 3.05) is 6.61 Å². The Hall–Kier alpha value is -1.72. The van der Waals surface area contributed by atoms with Gasteiger partial charge in [-0.25, -0.2) is 4.98 Å². The summed E-state index contributed by atoms with van der Waals surface area (Å²) < 4.78 is 20.6. The van der Waals surface area contributed by atoms with Crippen molar-refractivity contribution in [3.05, 3.63) is 38.3 Å². The van der Waals surface area contributed by atoms with Gasteiger partial charge < -0.3 is 20.1 Å². The van der Waals surface area contributed by atoms with Crippen LogP contribution in [0.3, 0.4) is 0 Å². The van der Waals surface area contributed by atoms with Gasteiger partial charge >= 0.3 is 0 Å². The molecule has 1 aliphatic rings. The lowest BCUT2D eigenvalue weighted by Crippen LogP contribution is -2.32. The van der Waals surface area contributed by atoms with Gasteiger partial charge in [-0.1, -0.05) is 12.2 Å². The van der Waals surface area contributed by atoms with Gasteiger partial charge in [-0.3, -0.25) is 14.2 Å². The largest absolute Gasteiger partial charge is 0.394 e. The van der Waals surface area contributed by atoms with Gasteiger partial charge in [0.2, 0.25) is 11.7 Å². The summed E-state index contributed by atoms with van der Waals surface area (Å²) >= 11 is 5.10. The van der Waals surface area contributed by atoms with Crippen LogP contribution in [-0.2, 0) is 4.74 Å². The molecular weight excluding hydrogens is 329 g/mol. The maximum Gasteiger partial charge on any atom is 0.258 e. The lowest BCUT2D eigenvalue weighted by Gasteiger charge is -2.16. The molecule has 0 radical (unpaired) electrons. The van der Waals surface area contributed by atoms with Crippen LogP contribution < -0.4 is 5.56 Å². The quantitative estimate of drug-likeness (QED) is 0.423. The molecule has 0 spiro atoms. The Morgan fingerprint density at radius 3 is 2.78 bits per heavy atom. The number of hydrogen-bond donors (Lipinski definition) is 4. The topological polar surface area (TPSA) is 120 Å². The van der Waals surface area contributed by atoms with Crippen LogP contribution in [0.5, 0.6) is 0 Å². The monoisotopic (exact) mass is 343 g/mol. The number of H-pyrrole nitrogens is 1. The molecule has 0 aromatic carbocycles. The molecule has 2 aromatic rings. The second kappa shape index (κ2) is 5.73. The van der Waals surface area contributed by atoms with E-state index in [0.29, 0.717) is 0 Å². The number of fused-ring (bicyclic) bond motifs is 1. The summed E-state index contributed by atoms with van der Waals surface area (Å²) in [7, 11) is 0. The zero-order valence-corrected chi connectivity index (χ0v) is 12.7. The highest BCUT2D eigenvalue weighted by molar-refractivity contribution is 7.71. The van der Waals surface area contributed by atoms with E-state index in [2.05, 4.69) is 9.97 Å². The molecule has 1 aliphatic heterocycles. The molecule has 0 amide bonds. The highest BCUT2D eigenvalue weighted by atomic mass is 32.1. The fraction of sp³-hybridized carbons (Fsp3) is 0.462. The Balaban J connectivity index is 2.18. The van der Waals surface area contributed by atoms with E-state index >= 15 is 0 Å². The fourth-order valence-electron chi connectivity index (χ4n) is 2.53. The Morgan fingerprint density at radius 1 is 1.48 bits per heavy atom. The van der Waals surface area contributed by atoms with Gasteiger partial charge in [0.15, 0.2) is 0 Å². The zero-order chi connectivity index (χ0) is 16.9. The summed E-state index contributed by atoms with van der Waals surface area (Å²) in [6.45, 7) is 0.824. The summed E-state index contributed by atoms with van der Waals surface area (Å²) in [4.78, 5) is 17.9. The van der Waals surface area contributed by atoms with Crippen molar-refractivity contribution in [1.29, 1.82) is 0 Å². The van der Waals surface area contributed by atoms with Gasteiger partial charge in [-0.2, -0.15) is 4.39 Å². The number of aliphatic hydroxyl groups excluding tert-OH is 3. The molecule has 1 saturated heterocycles. The Kier molecular flexibility index (Phi) is 4.02. The number of hydrogen-bond acceptors (Lipinski definition) is 7. The molecule has 2 aromatic heterocycles. The van der Waals surface area contributed by atoms with E-state index in [-0.39, 0.29) is 21.5 Å². The first-order chi connectivity index (χ1) is 10.8. The minimum Gasteiger partial charge on any atom is -0.394 e. The van der Waals surface area contributed by atoms with Gasteiger partial charge in [0.1, 0.15) is 29.1 Å². The second-order valence-electron chi connectivity index (χ2n) is 5.32. The molecule has 1 fully saturated rings. The molecule has 8 nitrogen and oxygen atoms in total. The average Bonchev–Trinajstić information content (AvgIpc) is 2.80. The van der Waals surface area contributed by atoms with Crippen molar-refractivity contribution in [2.45, 2.75) is 31.3 Å². The summed E-state index contributed by atoms with van der Waals surface area (Å²) in [5.41, 5.74) is -0.580. The van der Waals surface area contributed by atoms with E-state index in [4.69, 9.17) is 22.1 Å². The number of ether oxygens (including phenoxy) is 1. The van der Waals surface area contributed by atoms with Crippen molar-refractivity contribution < 1.29 is 24.4 Å². The minimum absolute atomic E-state index is 0.0151. The molecule has 1 unspecified atom stereocenters. The molecule has 4 N–H and O–H groups in total. The van der Waals surface area contributed by atoms with Crippen LogP contribution in [-0.4, -0.2) is 54.6 Å². The molecule has 10 heteroatoms. The van der Waals surface area contributed by atoms with Gasteiger partial charge in [0.05, 0.1) is 12.2 Å². The third-order valence-corrected chi connectivity index (χ3v) is 4.21. The van der Waals surface area contributed by atoms with E-state index in [0.717, 1.165) is 4.40 Å². The smallest absolute Gasteiger partial charge is 0.258 e. The van der Waals surface area contributed by atoms with Crippen LogP contribution >= 0.6 is 12.2 Å². The zero-order valence-electron chi connectivity index (χ0n) is 11.9. The lowest BCUT2D eigenvalue weighted by molar-refractivity contribution is -0.0231. The SMILES string of the molecule is Cc1c(F)n2cc([C@@H]3O[C@H](CO)C(O)[C@@H]3O)c(=S)nc2[nH]c1=O. The maximum absolute atomic E-state index is 14.3. The molecule has 3 heterocycles. The summed E-state index contributed by atoms with van der Waals surface area (Å²) in [5, 5.41) is 29.0. The Labute approximate surface area is 133 Å². The van der Waals surface area contributed by atoms with Crippen LogP contribution in [0.25, 0.3) is 5.78 Å². The number of rotatable bonds is 2. The summed E-state index contributed by atoms with van der Waals surface area (Å²) in [5.74, 6) is -0.905. The van der Waals surface area contributed by atoms with E-state index < -0.39 is 42.5 Å². The first kappa shape index (κ1) is 16.1. The summed E-state index contributed by atoms with van der Waals surface area (Å²) in [6.07, 6.45) is -3.44. The van der Waals surface area contributed by atoms with Crippen LogP contribution in [0.1, 0.15) is 17.2 Å². The minimum atomic E-state index is -1.35. The molecular formula is C13H14FN3O5S. The van der Waals surface area contributed by atoms with Gasteiger partial charge in [-0.15, -0.1) is 0 Å². The van der Waals surface area contributed by atoms with E-state index in [1.54, 1.807) is 0 Å². The lowest BCUT2D eigenvalue weighted by atomic mass is 10.0.